The fourth-order valence-corrected chi connectivity index (χ4v) is 6.83. The number of aromatic nitrogens is 4. The van der Waals surface area contributed by atoms with E-state index in [1.807, 2.05) is 0 Å². The van der Waals surface area contributed by atoms with Gasteiger partial charge in [0.1, 0.15) is 0 Å². The van der Waals surface area contributed by atoms with Gasteiger partial charge in [-0.15, -0.1) is 0 Å². The van der Waals surface area contributed by atoms with Crippen LogP contribution in [0.25, 0.3) is 33.2 Å². The molecule has 160 valence electrons. The number of nitrogens with two attached hydrogens (primary N) is 1. The van der Waals surface area contributed by atoms with Crippen molar-refractivity contribution in [1.29, 1.82) is 0 Å². The quantitative estimate of drug-likeness (QED) is 0.480. The summed E-state index contributed by atoms with van der Waals surface area (Å²) in [6.45, 7) is 0. The van der Waals surface area contributed by atoms with Gasteiger partial charge >= 0.3 is 0 Å². The first-order valence-corrected chi connectivity index (χ1v) is 11.8. The van der Waals surface area contributed by atoms with E-state index in [4.69, 9.17) is 10.7 Å². The van der Waals surface area contributed by atoms with Crippen molar-refractivity contribution in [2.75, 3.05) is 11.1 Å². The Kier molecular flexibility index (Phi) is 3.92. The Labute approximate surface area is 186 Å². The van der Waals surface area contributed by atoms with Gasteiger partial charge in [0.25, 0.3) is 0 Å². The fraction of sp³-hybridized carbons (Fsp3) is 0.385. The number of hydrogen-bond acceptors (Lipinski definition) is 6. The van der Waals surface area contributed by atoms with E-state index in [-0.39, 0.29) is 5.95 Å². The SMILES string of the molecule is Nc1nc(NC2C3CC4CC(C3)CC2C4)c2nc(-c3ccc4ccccc4c3)cnc2n1. The Morgan fingerprint density at radius 2 is 1.56 bits per heavy atom. The minimum absolute atomic E-state index is 0.247. The van der Waals surface area contributed by atoms with Gasteiger partial charge in [-0.25, -0.2) is 9.97 Å². The Morgan fingerprint density at radius 3 is 2.34 bits per heavy atom. The minimum Gasteiger partial charge on any atom is -0.368 e. The molecule has 6 heteroatoms. The largest absolute Gasteiger partial charge is 0.368 e. The third kappa shape index (κ3) is 2.93. The van der Waals surface area contributed by atoms with Crippen LogP contribution in [0.3, 0.4) is 0 Å². The summed E-state index contributed by atoms with van der Waals surface area (Å²) in [7, 11) is 0. The molecular weight excluding hydrogens is 396 g/mol. The van der Waals surface area contributed by atoms with Crippen LogP contribution < -0.4 is 11.1 Å². The van der Waals surface area contributed by atoms with Crippen molar-refractivity contribution in [1.82, 2.24) is 19.9 Å². The van der Waals surface area contributed by atoms with Gasteiger partial charge in [-0.05, 0) is 72.6 Å². The first-order valence-electron chi connectivity index (χ1n) is 11.8. The van der Waals surface area contributed by atoms with Crippen molar-refractivity contribution >= 4 is 33.7 Å². The van der Waals surface area contributed by atoms with Crippen molar-refractivity contribution < 1.29 is 0 Å². The molecule has 0 saturated heterocycles. The summed E-state index contributed by atoms with van der Waals surface area (Å²) in [5.41, 5.74) is 9.17. The van der Waals surface area contributed by atoms with Gasteiger partial charge in [0.15, 0.2) is 17.0 Å². The number of nitrogen functional groups attached to an aromatic ring is 1. The van der Waals surface area contributed by atoms with Crippen molar-refractivity contribution in [2.45, 2.75) is 38.1 Å². The van der Waals surface area contributed by atoms with Crippen LogP contribution in [0.2, 0.25) is 0 Å². The number of fused-ring (bicyclic) bond motifs is 2. The number of rotatable bonds is 3. The van der Waals surface area contributed by atoms with Gasteiger partial charge in [0.05, 0.1) is 11.9 Å². The molecule has 2 aromatic carbocycles. The topological polar surface area (TPSA) is 89.6 Å². The molecule has 0 atom stereocenters. The number of nitrogens with zero attached hydrogens (tertiary/aromatic N) is 4. The van der Waals surface area contributed by atoms with E-state index >= 15 is 0 Å². The average Bonchev–Trinajstić information content (AvgIpc) is 2.80. The van der Waals surface area contributed by atoms with Gasteiger partial charge in [0, 0.05) is 11.6 Å². The molecule has 4 aliphatic rings. The summed E-state index contributed by atoms with van der Waals surface area (Å²) < 4.78 is 0. The molecule has 4 bridgehead atoms. The third-order valence-electron chi connectivity index (χ3n) is 8.00. The zero-order valence-electron chi connectivity index (χ0n) is 17.9. The van der Waals surface area contributed by atoms with Gasteiger partial charge < -0.3 is 11.1 Å². The van der Waals surface area contributed by atoms with E-state index in [1.54, 1.807) is 6.20 Å². The number of benzene rings is 2. The van der Waals surface area contributed by atoms with Crippen LogP contribution in [0.4, 0.5) is 11.8 Å². The van der Waals surface area contributed by atoms with E-state index in [2.05, 4.69) is 62.7 Å². The van der Waals surface area contributed by atoms with Gasteiger partial charge in [0.2, 0.25) is 5.95 Å². The maximum atomic E-state index is 6.06. The van der Waals surface area contributed by atoms with Crippen molar-refractivity contribution in [2.24, 2.45) is 23.7 Å². The van der Waals surface area contributed by atoms with Crippen LogP contribution in [0.1, 0.15) is 32.1 Å². The lowest BCUT2D eigenvalue weighted by Crippen LogP contribution is -2.51. The number of nitrogens with one attached hydrogen (secondary N) is 1. The molecule has 0 unspecified atom stereocenters. The second-order valence-electron chi connectivity index (χ2n) is 10.0. The zero-order valence-corrected chi connectivity index (χ0v) is 17.9. The maximum Gasteiger partial charge on any atom is 0.224 e. The smallest absolute Gasteiger partial charge is 0.224 e. The first-order chi connectivity index (χ1) is 15.7. The highest BCUT2D eigenvalue weighted by atomic mass is 15.1. The second kappa shape index (κ2) is 6.86. The second-order valence-corrected chi connectivity index (χ2v) is 10.0. The van der Waals surface area contributed by atoms with Gasteiger partial charge in [-0.2, -0.15) is 9.97 Å². The molecule has 0 amide bonds. The molecular formula is C26H26N6. The average molecular weight is 423 g/mol. The zero-order chi connectivity index (χ0) is 21.2. The van der Waals surface area contributed by atoms with Crippen LogP contribution in [-0.2, 0) is 0 Å². The molecule has 4 saturated carbocycles. The summed E-state index contributed by atoms with van der Waals surface area (Å²) >= 11 is 0. The van der Waals surface area contributed by atoms with E-state index in [0.717, 1.165) is 40.7 Å². The van der Waals surface area contributed by atoms with Crippen LogP contribution in [-0.4, -0.2) is 26.0 Å². The predicted molar refractivity (Wildman–Crippen MR) is 127 cm³/mol. The Balaban J connectivity index is 1.29. The lowest BCUT2D eigenvalue weighted by atomic mass is 9.54. The fourth-order valence-electron chi connectivity index (χ4n) is 6.83. The van der Waals surface area contributed by atoms with Gasteiger partial charge in [-0.1, -0.05) is 36.4 Å². The molecule has 2 heterocycles. The standard InChI is InChI=1S/C26H26N6/c27-26-31-24-23(25(32-26)30-22-19-8-14-7-15(10-19)11-20(22)9-14)29-21(13-28-24)18-6-5-16-3-1-2-4-17(16)12-18/h1-6,12-15,19-20,22H,7-11H2,(H3,27,28,30,31,32). The molecule has 2 aromatic heterocycles. The van der Waals surface area contributed by atoms with E-state index in [0.29, 0.717) is 17.2 Å². The highest BCUT2D eigenvalue weighted by Crippen LogP contribution is 2.54. The maximum absolute atomic E-state index is 6.06. The van der Waals surface area contributed by atoms with Crippen molar-refractivity contribution in [3.05, 3.63) is 48.7 Å². The lowest BCUT2D eigenvalue weighted by Gasteiger charge is -2.54. The summed E-state index contributed by atoms with van der Waals surface area (Å²) in [6, 6.07) is 15.2. The molecule has 0 aliphatic heterocycles. The van der Waals surface area contributed by atoms with Crippen LogP contribution in [0.5, 0.6) is 0 Å². The molecule has 4 aliphatic carbocycles. The normalized spacial score (nSPS) is 28.4. The number of hydrogen-bond donors (Lipinski definition) is 2. The summed E-state index contributed by atoms with van der Waals surface area (Å²) in [5, 5.41) is 6.18. The molecule has 32 heavy (non-hydrogen) atoms. The van der Waals surface area contributed by atoms with E-state index < -0.39 is 0 Å². The molecule has 3 N–H and O–H groups in total. The first kappa shape index (κ1) is 18.3. The minimum atomic E-state index is 0.247. The highest BCUT2D eigenvalue weighted by molar-refractivity contribution is 5.89. The Bertz CT molecular complexity index is 1320. The van der Waals surface area contributed by atoms with Gasteiger partial charge in [-0.3, -0.25) is 0 Å². The van der Waals surface area contributed by atoms with Crippen LogP contribution in [0, 0.1) is 23.7 Å². The molecule has 8 rings (SSSR count). The van der Waals surface area contributed by atoms with Crippen LogP contribution in [0.15, 0.2) is 48.7 Å². The summed E-state index contributed by atoms with van der Waals surface area (Å²) in [5.74, 6) is 4.31. The monoisotopic (exact) mass is 422 g/mol. The molecule has 0 spiro atoms. The highest BCUT2D eigenvalue weighted by Gasteiger charge is 2.48. The molecule has 0 radical (unpaired) electrons. The van der Waals surface area contributed by atoms with Crippen LogP contribution >= 0.6 is 0 Å². The predicted octanol–water partition coefficient (Wildman–Crippen LogP) is 5.06. The Morgan fingerprint density at radius 1 is 0.812 bits per heavy atom. The van der Waals surface area contributed by atoms with Crippen molar-refractivity contribution in [3.63, 3.8) is 0 Å². The Hall–Kier alpha value is -3.28. The van der Waals surface area contributed by atoms with Crippen molar-refractivity contribution in [3.8, 4) is 11.3 Å². The molecule has 4 fully saturated rings. The third-order valence-corrected chi connectivity index (χ3v) is 8.00. The summed E-state index contributed by atoms with van der Waals surface area (Å²) in [4.78, 5) is 18.5. The lowest BCUT2D eigenvalue weighted by molar-refractivity contribution is 0.00746. The molecule has 4 aromatic rings. The molecule has 6 nitrogen and oxygen atoms in total. The van der Waals surface area contributed by atoms with E-state index in [1.165, 1.54) is 42.9 Å². The number of anilines is 2. The van der Waals surface area contributed by atoms with E-state index in [9.17, 15) is 0 Å². The summed E-state index contributed by atoms with van der Waals surface area (Å²) in [6.07, 6.45) is 8.61.